The molecule has 2 aromatic carbocycles. The number of halogens is 1. The summed E-state index contributed by atoms with van der Waals surface area (Å²) in [4.78, 5) is 23.8. The van der Waals surface area contributed by atoms with Crippen LogP contribution >= 0.6 is 0 Å². The van der Waals surface area contributed by atoms with Crippen molar-refractivity contribution in [2.75, 3.05) is 5.32 Å². The van der Waals surface area contributed by atoms with Gasteiger partial charge >= 0.3 is 6.09 Å². The zero-order valence-electron chi connectivity index (χ0n) is 13.5. The van der Waals surface area contributed by atoms with Gasteiger partial charge in [-0.05, 0) is 30.2 Å². The van der Waals surface area contributed by atoms with E-state index in [1.54, 1.807) is 0 Å². The summed E-state index contributed by atoms with van der Waals surface area (Å²) in [5.74, 6) is -0.852. The molecule has 0 aliphatic heterocycles. The van der Waals surface area contributed by atoms with Gasteiger partial charge in [0, 0.05) is 12.1 Å². The molecule has 0 spiro atoms. The Morgan fingerprint density at radius 1 is 1.12 bits per heavy atom. The average molecular weight is 329 g/mol. The summed E-state index contributed by atoms with van der Waals surface area (Å²) in [5, 5.41) is 2.51. The van der Waals surface area contributed by atoms with E-state index in [1.807, 2.05) is 37.3 Å². The smallest absolute Gasteiger partial charge is 0.411 e. The van der Waals surface area contributed by atoms with Crippen LogP contribution in [0.3, 0.4) is 0 Å². The Kier molecular flexibility index (Phi) is 6.49. The van der Waals surface area contributed by atoms with Crippen LogP contribution in [0.4, 0.5) is 14.9 Å². The molecule has 0 fully saturated rings. The first-order valence-corrected chi connectivity index (χ1v) is 7.90. The van der Waals surface area contributed by atoms with Crippen LogP contribution in [0.1, 0.15) is 42.1 Å². The Morgan fingerprint density at radius 2 is 1.88 bits per heavy atom. The molecule has 2 aromatic rings. The van der Waals surface area contributed by atoms with Gasteiger partial charge in [-0.25, -0.2) is 9.18 Å². The van der Waals surface area contributed by atoms with Gasteiger partial charge in [0.25, 0.3) is 0 Å². The third-order valence-electron chi connectivity index (χ3n) is 3.48. The third kappa shape index (κ3) is 5.19. The number of Topliss-reactive ketones (excluding diaryl/α,β-unsaturated/α-hetero) is 1. The van der Waals surface area contributed by atoms with Gasteiger partial charge in [-0.3, -0.25) is 10.1 Å². The number of unbranched alkanes of at least 4 members (excludes halogenated alkanes) is 1. The molecule has 0 saturated heterocycles. The number of ketones is 1. The monoisotopic (exact) mass is 329 g/mol. The Morgan fingerprint density at radius 3 is 2.58 bits per heavy atom. The van der Waals surface area contributed by atoms with E-state index in [9.17, 15) is 14.0 Å². The van der Waals surface area contributed by atoms with Crippen LogP contribution in [0, 0.1) is 5.82 Å². The maximum Gasteiger partial charge on any atom is 0.411 e. The Bertz CT molecular complexity index is 701. The lowest BCUT2D eigenvalue weighted by atomic mass is 10.0. The zero-order valence-corrected chi connectivity index (χ0v) is 13.5. The van der Waals surface area contributed by atoms with Gasteiger partial charge in [0.05, 0.1) is 5.56 Å². The quantitative estimate of drug-likeness (QED) is 0.731. The molecule has 24 heavy (non-hydrogen) atoms. The highest BCUT2D eigenvalue weighted by atomic mass is 19.1. The van der Waals surface area contributed by atoms with Crippen molar-refractivity contribution >= 4 is 17.6 Å². The van der Waals surface area contributed by atoms with Crippen molar-refractivity contribution < 1.29 is 18.7 Å². The minimum Gasteiger partial charge on any atom is -0.444 e. The maximum atomic E-state index is 13.8. The lowest BCUT2D eigenvalue weighted by molar-refractivity contribution is 0.0975. The molecule has 0 saturated carbocycles. The minimum atomic E-state index is -0.655. The summed E-state index contributed by atoms with van der Waals surface area (Å²) < 4.78 is 18.9. The zero-order chi connectivity index (χ0) is 17.4. The van der Waals surface area contributed by atoms with Crippen molar-refractivity contribution in [2.45, 2.75) is 32.8 Å². The van der Waals surface area contributed by atoms with E-state index in [-0.39, 0.29) is 24.4 Å². The van der Waals surface area contributed by atoms with E-state index in [4.69, 9.17) is 4.74 Å². The first-order valence-electron chi connectivity index (χ1n) is 7.90. The molecule has 1 N–H and O–H groups in total. The fourth-order valence-electron chi connectivity index (χ4n) is 2.17. The van der Waals surface area contributed by atoms with Gasteiger partial charge in [-0.2, -0.15) is 0 Å². The Hall–Kier alpha value is -2.69. The highest BCUT2D eigenvalue weighted by Gasteiger charge is 2.13. The van der Waals surface area contributed by atoms with Crippen LogP contribution in [0.5, 0.6) is 0 Å². The molecule has 0 radical (unpaired) electrons. The summed E-state index contributed by atoms with van der Waals surface area (Å²) in [6, 6.07) is 13.2. The van der Waals surface area contributed by atoms with E-state index < -0.39 is 11.9 Å². The van der Waals surface area contributed by atoms with Gasteiger partial charge in [0.2, 0.25) is 0 Å². The second-order valence-electron chi connectivity index (χ2n) is 5.41. The summed E-state index contributed by atoms with van der Waals surface area (Å²) in [6.45, 7) is 2.10. The maximum absolute atomic E-state index is 13.8. The van der Waals surface area contributed by atoms with Gasteiger partial charge in [0.15, 0.2) is 5.78 Å². The number of hydrogen-bond acceptors (Lipinski definition) is 3. The normalized spacial score (nSPS) is 10.2. The number of hydrogen-bond donors (Lipinski definition) is 1. The number of carbonyl (C=O) groups excluding carboxylic acids is 2. The largest absolute Gasteiger partial charge is 0.444 e. The second-order valence-corrected chi connectivity index (χ2v) is 5.41. The van der Waals surface area contributed by atoms with Gasteiger partial charge in [-0.15, -0.1) is 0 Å². The molecule has 126 valence electrons. The molecule has 0 bridgehead atoms. The van der Waals surface area contributed by atoms with Crippen molar-refractivity contribution in [1.82, 2.24) is 0 Å². The minimum absolute atomic E-state index is 0.00990. The van der Waals surface area contributed by atoms with Crippen molar-refractivity contribution in [3.8, 4) is 0 Å². The second kappa shape index (κ2) is 8.82. The highest BCUT2D eigenvalue weighted by Crippen LogP contribution is 2.18. The van der Waals surface area contributed by atoms with Crippen LogP contribution in [0.15, 0.2) is 48.5 Å². The SMILES string of the molecule is CCCCC(=O)c1cc(NC(=O)OCc2ccccc2)ccc1F. The van der Waals surface area contributed by atoms with Crippen molar-refractivity contribution in [2.24, 2.45) is 0 Å². The molecule has 0 aliphatic carbocycles. The van der Waals surface area contributed by atoms with Crippen LogP contribution < -0.4 is 5.32 Å². The van der Waals surface area contributed by atoms with E-state index in [1.165, 1.54) is 18.2 Å². The standard InChI is InChI=1S/C19H20FNO3/c1-2-3-9-18(22)16-12-15(10-11-17(16)20)21-19(23)24-13-14-7-5-4-6-8-14/h4-8,10-12H,2-3,9,13H2,1H3,(H,21,23). The van der Waals surface area contributed by atoms with Crippen LogP contribution in [0.25, 0.3) is 0 Å². The molecule has 2 rings (SSSR count). The molecule has 0 unspecified atom stereocenters. The average Bonchev–Trinajstić information content (AvgIpc) is 2.60. The van der Waals surface area contributed by atoms with E-state index >= 15 is 0 Å². The number of rotatable bonds is 7. The lowest BCUT2D eigenvalue weighted by Gasteiger charge is -2.09. The Labute approximate surface area is 140 Å². The molecular formula is C19H20FNO3. The molecule has 0 heterocycles. The Balaban J connectivity index is 1.96. The number of ether oxygens (including phenoxy) is 1. The molecular weight excluding hydrogens is 309 g/mol. The molecule has 0 aliphatic rings. The molecule has 5 heteroatoms. The molecule has 0 aromatic heterocycles. The summed E-state index contributed by atoms with van der Waals surface area (Å²) in [5.41, 5.74) is 1.18. The molecule has 4 nitrogen and oxygen atoms in total. The van der Waals surface area contributed by atoms with Gasteiger partial charge in [-0.1, -0.05) is 43.7 Å². The van der Waals surface area contributed by atoms with E-state index in [0.29, 0.717) is 12.1 Å². The first-order chi connectivity index (χ1) is 11.6. The van der Waals surface area contributed by atoms with Crippen molar-refractivity contribution in [1.29, 1.82) is 0 Å². The highest BCUT2D eigenvalue weighted by molar-refractivity contribution is 5.98. The topological polar surface area (TPSA) is 55.4 Å². The van der Waals surface area contributed by atoms with Gasteiger partial charge in [0.1, 0.15) is 12.4 Å². The van der Waals surface area contributed by atoms with Crippen LogP contribution in [-0.4, -0.2) is 11.9 Å². The summed E-state index contributed by atoms with van der Waals surface area (Å²) in [6.07, 6.45) is 1.19. The number of anilines is 1. The van der Waals surface area contributed by atoms with Crippen molar-refractivity contribution in [3.63, 3.8) is 0 Å². The van der Waals surface area contributed by atoms with Crippen LogP contribution in [0.2, 0.25) is 0 Å². The number of carbonyl (C=O) groups is 2. The summed E-state index contributed by atoms with van der Waals surface area (Å²) >= 11 is 0. The number of benzene rings is 2. The van der Waals surface area contributed by atoms with E-state index in [2.05, 4.69) is 5.32 Å². The molecule has 0 atom stereocenters. The lowest BCUT2D eigenvalue weighted by Crippen LogP contribution is -2.14. The fourth-order valence-corrected chi connectivity index (χ4v) is 2.17. The van der Waals surface area contributed by atoms with Gasteiger partial charge < -0.3 is 4.74 Å². The van der Waals surface area contributed by atoms with Crippen LogP contribution in [-0.2, 0) is 11.3 Å². The number of amides is 1. The molecule has 1 amide bonds. The van der Waals surface area contributed by atoms with Crippen molar-refractivity contribution in [3.05, 3.63) is 65.5 Å². The van der Waals surface area contributed by atoms with E-state index in [0.717, 1.165) is 12.0 Å². The predicted molar refractivity (Wildman–Crippen MR) is 90.5 cm³/mol. The number of nitrogens with one attached hydrogen (secondary N) is 1. The first kappa shape index (κ1) is 17.7. The third-order valence-corrected chi connectivity index (χ3v) is 3.48. The summed E-state index contributed by atoms with van der Waals surface area (Å²) in [7, 11) is 0. The fraction of sp³-hybridized carbons (Fsp3) is 0.263. The predicted octanol–water partition coefficient (Wildman–Crippen LogP) is 4.95.